The molecule has 2 aromatic rings. The Morgan fingerprint density at radius 2 is 1.79 bits per heavy atom. The molecule has 0 aliphatic rings. The first kappa shape index (κ1) is 13.5. The van der Waals surface area contributed by atoms with E-state index in [1.54, 1.807) is 24.4 Å². The number of benzene rings is 1. The van der Waals surface area contributed by atoms with Gasteiger partial charge in [-0.25, -0.2) is 8.42 Å². The first-order valence-corrected chi connectivity index (χ1v) is 7.78. The number of aromatic nitrogens is 1. The van der Waals surface area contributed by atoms with Crippen molar-refractivity contribution < 1.29 is 8.42 Å². The summed E-state index contributed by atoms with van der Waals surface area (Å²) in [6.07, 6.45) is 2.95. The molecule has 0 unspecified atom stereocenters. The van der Waals surface area contributed by atoms with Crippen LogP contribution >= 0.6 is 0 Å². The number of hydrogen-bond donors (Lipinski definition) is 0. The number of anilines is 1. The number of rotatable bonds is 4. The van der Waals surface area contributed by atoms with Gasteiger partial charge in [-0.2, -0.15) is 0 Å². The lowest BCUT2D eigenvalue weighted by molar-refractivity contribution is 0.601. The van der Waals surface area contributed by atoms with E-state index in [1.165, 1.54) is 6.26 Å². The Morgan fingerprint density at radius 3 is 2.42 bits per heavy atom. The van der Waals surface area contributed by atoms with Gasteiger partial charge in [-0.1, -0.05) is 18.2 Å². The number of nitrogens with zero attached hydrogens (tertiary/aromatic N) is 2. The predicted octanol–water partition coefficient (Wildman–Crippen LogP) is 2.12. The minimum absolute atomic E-state index is 0.341. The summed E-state index contributed by atoms with van der Waals surface area (Å²) in [6, 6.07) is 12.7. The molecule has 0 N–H and O–H groups in total. The second-order valence-corrected chi connectivity index (χ2v) is 6.40. The molecule has 0 fully saturated rings. The van der Waals surface area contributed by atoms with Crippen molar-refractivity contribution in [1.29, 1.82) is 0 Å². The lowest BCUT2D eigenvalue weighted by atomic mass is 10.2. The van der Waals surface area contributed by atoms with Crippen LogP contribution in [0, 0.1) is 0 Å². The van der Waals surface area contributed by atoms with Crippen LogP contribution in [-0.2, 0) is 16.4 Å². The van der Waals surface area contributed by atoms with Crippen molar-refractivity contribution in [1.82, 2.24) is 4.98 Å². The smallest absolute Gasteiger partial charge is 0.177 e. The topological polar surface area (TPSA) is 50.3 Å². The highest BCUT2D eigenvalue weighted by molar-refractivity contribution is 7.90. The molecular weight excluding hydrogens is 260 g/mol. The first-order valence-electron chi connectivity index (χ1n) is 5.88. The Bertz CT molecular complexity index is 654. The van der Waals surface area contributed by atoms with Crippen LogP contribution < -0.4 is 4.90 Å². The van der Waals surface area contributed by atoms with Gasteiger partial charge in [0.2, 0.25) is 0 Å². The molecule has 0 saturated carbocycles. The van der Waals surface area contributed by atoms with Gasteiger partial charge in [-0.15, -0.1) is 0 Å². The lowest BCUT2D eigenvalue weighted by Gasteiger charge is -2.21. The van der Waals surface area contributed by atoms with Gasteiger partial charge in [0.05, 0.1) is 22.8 Å². The van der Waals surface area contributed by atoms with Crippen molar-refractivity contribution in [3.63, 3.8) is 0 Å². The summed E-state index contributed by atoms with van der Waals surface area (Å²) in [7, 11) is -1.37. The molecular formula is C14H16N2O2S. The maximum Gasteiger partial charge on any atom is 0.177 e. The van der Waals surface area contributed by atoms with E-state index in [2.05, 4.69) is 4.98 Å². The monoisotopic (exact) mass is 276 g/mol. The van der Waals surface area contributed by atoms with Crippen molar-refractivity contribution in [3.8, 4) is 0 Å². The average Bonchev–Trinajstić information content (AvgIpc) is 2.39. The van der Waals surface area contributed by atoms with E-state index in [-0.39, 0.29) is 0 Å². The van der Waals surface area contributed by atoms with E-state index >= 15 is 0 Å². The van der Waals surface area contributed by atoms with Crippen LogP contribution in [0.5, 0.6) is 0 Å². The van der Waals surface area contributed by atoms with E-state index in [0.717, 1.165) is 5.69 Å². The molecule has 1 aromatic carbocycles. The first-order chi connectivity index (χ1) is 8.98. The van der Waals surface area contributed by atoms with Gasteiger partial charge in [0.1, 0.15) is 0 Å². The predicted molar refractivity (Wildman–Crippen MR) is 75.9 cm³/mol. The molecule has 0 saturated heterocycles. The highest BCUT2D eigenvalue weighted by Gasteiger charge is 2.15. The van der Waals surface area contributed by atoms with Gasteiger partial charge in [-0.05, 0) is 24.3 Å². The van der Waals surface area contributed by atoms with Crippen molar-refractivity contribution in [2.24, 2.45) is 0 Å². The summed E-state index contributed by atoms with van der Waals surface area (Å²) in [4.78, 5) is 6.47. The number of para-hydroxylation sites is 1. The fourth-order valence-corrected chi connectivity index (χ4v) is 2.84. The maximum absolute atomic E-state index is 11.8. The van der Waals surface area contributed by atoms with Crippen molar-refractivity contribution in [2.75, 3.05) is 18.2 Å². The SMILES string of the molecule is CN(Cc1ccccn1)c1ccccc1S(C)(=O)=O. The summed E-state index contributed by atoms with van der Waals surface area (Å²) < 4.78 is 23.5. The molecule has 1 heterocycles. The van der Waals surface area contributed by atoms with Crippen LogP contribution in [0.1, 0.15) is 5.69 Å². The minimum atomic E-state index is -3.23. The van der Waals surface area contributed by atoms with Crippen LogP contribution in [0.15, 0.2) is 53.6 Å². The Morgan fingerprint density at radius 1 is 1.11 bits per heavy atom. The van der Waals surface area contributed by atoms with Gasteiger partial charge >= 0.3 is 0 Å². The van der Waals surface area contributed by atoms with E-state index in [0.29, 0.717) is 17.1 Å². The van der Waals surface area contributed by atoms with E-state index < -0.39 is 9.84 Å². The van der Waals surface area contributed by atoms with Crippen LogP contribution in [0.25, 0.3) is 0 Å². The van der Waals surface area contributed by atoms with Crippen LogP contribution in [0.4, 0.5) is 5.69 Å². The molecule has 0 spiro atoms. The molecule has 0 atom stereocenters. The fourth-order valence-electron chi connectivity index (χ4n) is 1.91. The Balaban J connectivity index is 2.32. The van der Waals surface area contributed by atoms with Gasteiger partial charge in [0.15, 0.2) is 9.84 Å². The standard InChI is InChI=1S/C14H16N2O2S/c1-16(11-12-7-5-6-10-15-12)13-8-3-4-9-14(13)19(2,17)18/h3-10H,11H2,1-2H3. The Hall–Kier alpha value is -1.88. The molecule has 5 heteroatoms. The van der Waals surface area contributed by atoms with Gasteiger partial charge in [0.25, 0.3) is 0 Å². The van der Waals surface area contributed by atoms with Gasteiger partial charge in [-0.3, -0.25) is 4.98 Å². The summed E-state index contributed by atoms with van der Waals surface area (Å²) >= 11 is 0. The molecule has 0 aliphatic carbocycles. The van der Waals surface area contributed by atoms with E-state index in [9.17, 15) is 8.42 Å². The van der Waals surface area contributed by atoms with Crippen molar-refractivity contribution in [3.05, 3.63) is 54.4 Å². The lowest BCUT2D eigenvalue weighted by Crippen LogP contribution is -2.19. The third kappa shape index (κ3) is 3.32. The van der Waals surface area contributed by atoms with E-state index in [1.807, 2.05) is 36.2 Å². The molecule has 2 rings (SSSR count). The van der Waals surface area contributed by atoms with Crippen molar-refractivity contribution >= 4 is 15.5 Å². The number of pyridine rings is 1. The molecule has 19 heavy (non-hydrogen) atoms. The summed E-state index contributed by atoms with van der Waals surface area (Å²) in [5.74, 6) is 0. The number of hydrogen-bond acceptors (Lipinski definition) is 4. The van der Waals surface area contributed by atoms with Gasteiger partial charge in [0, 0.05) is 19.5 Å². The second kappa shape index (κ2) is 5.40. The molecule has 0 amide bonds. The van der Waals surface area contributed by atoms with Crippen LogP contribution in [-0.4, -0.2) is 26.7 Å². The van der Waals surface area contributed by atoms with Crippen LogP contribution in [0.2, 0.25) is 0 Å². The van der Waals surface area contributed by atoms with Crippen LogP contribution in [0.3, 0.4) is 0 Å². The zero-order chi connectivity index (χ0) is 13.9. The zero-order valence-corrected chi connectivity index (χ0v) is 11.8. The highest BCUT2D eigenvalue weighted by Crippen LogP contribution is 2.24. The summed E-state index contributed by atoms with van der Waals surface area (Å²) in [6.45, 7) is 0.563. The molecule has 0 radical (unpaired) electrons. The third-order valence-electron chi connectivity index (χ3n) is 2.80. The van der Waals surface area contributed by atoms with Crippen molar-refractivity contribution in [2.45, 2.75) is 11.4 Å². The number of sulfone groups is 1. The van der Waals surface area contributed by atoms with Gasteiger partial charge < -0.3 is 4.90 Å². The Labute approximate surface area is 113 Å². The van der Waals surface area contributed by atoms with E-state index in [4.69, 9.17) is 0 Å². The highest BCUT2D eigenvalue weighted by atomic mass is 32.2. The molecule has 100 valence electrons. The minimum Gasteiger partial charge on any atom is -0.368 e. The maximum atomic E-state index is 11.8. The fraction of sp³-hybridized carbons (Fsp3) is 0.214. The normalized spacial score (nSPS) is 11.3. The zero-order valence-electron chi connectivity index (χ0n) is 10.9. The summed E-state index contributed by atoms with van der Waals surface area (Å²) in [5.41, 5.74) is 1.59. The average molecular weight is 276 g/mol. The molecule has 0 bridgehead atoms. The molecule has 0 aliphatic heterocycles. The molecule has 1 aromatic heterocycles. The second-order valence-electron chi connectivity index (χ2n) is 4.42. The third-order valence-corrected chi connectivity index (χ3v) is 3.95. The Kier molecular flexibility index (Phi) is 3.85. The molecule has 4 nitrogen and oxygen atoms in total. The largest absolute Gasteiger partial charge is 0.368 e. The summed E-state index contributed by atoms with van der Waals surface area (Å²) in [5, 5.41) is 0. The quantitative estimate of drug-likeness (QED) is 0.858.